The van der Waals surface area contributed by atoms with Gasteiger partial charge in [0, 0.05) is 0 Å². The molecule has 1 saturated heterocycles. The minimum atomic E-state index is -0.701. The smallest absolute Gasteiger partial charge is 0.160 e. The summed E-state index contributed by atoms with van der Waals surface area (Å²) in [7, 11) is 0. The zero-order valence-electron chi connectivity index (χ0n) is 13.4. The number of hydrogen-bond donors (Lipinski definition) is 0. The summed E-state index contributed by atoms with van der Waals surface area (Å²) in [4.78, 5) is 12.8. The normalized spacial score (nSPS) is 29.9. The third-order valence-electron chi connectivity index (χ3n) is 4.85. The van der Waals surface area contributed by atoms with E-state index in [0.717, 1.165) is 11.1 Å². The van der Waals surface area contributed by atoms with Gasteiger partial charge in [0.1, 0.15) is 5.92 Å². The van der Waals surface area contributed by atoms with Gasteiger partial charge in [-0.15, -0.1) is 0 Å². The number of nitrogens with zero attached hydrogens (tertiary/aromatic N) is 1. The minimum absolute atomic E-state index is 0.00916. The maximum Gasteiger partial charge on any atom is 0.160 e. The van der Waals surface area contributed by atoms with Crippen LogP contribution < -0.4 is 0 Å². The van der Waals surface area contributed by atoms with Gasteiger partial charge in [0.15, 0.2) is 5.78 Å². The SMILES string of the molecule is Cc1ccc(C(C#N)C(=O)C2C(C)OC(C)C2C)cc1C. The van der Waals surface area contributed by atoms with E-state index in [1.165, 1.54) is 5.56 Å². The summed E-state index contributed by atoms with van der Waals surface area (Å²) >= 11 is 0. The van der Waals surface area contributed by atoms with Crippen LogP contribution in [-0.2, 0) is 9.53 Å². The number of rotatable bonds is 3. The summed E-state index contributed by atoms with van der Waals surface area (Å²) < 4.78 is 5.75. The van der Waals surface area contributed by atoms with Crippen molar-refractivity contribution in [1.82, 2.24) is 0 Å². The number of aryl methyl sites for hydroxylation is 2. The van der Waals surface area contributed by atoms with E-state index in [0.29, 0.717) is 0 Å². The Hall–Kier alpha value is -1.66. The van der Waals surface area contributed by atoms with Gasteiger partial charge in [-0.3, -0.25) is 4.79 Å². The molecule has 1 aliphatic rings. The van der Waals surface area contributed by atoms with Crippen molar-refractivity contribution in [3.8, 4) is 6.07 Å². The summed E-state index contributed by atoms with van der Waals surface area (Å²) in [5, 5.41) is 9.50. The first-order valence-corrected chi connectivity index (χ1v) is 7.52. The summed E-state index contributed by atoms with van der Waals surface area (Å²) in [6.07, 6.45) is -0.0575. The average Bonchev–Trinajstić information content (AvgIpc) is 2.68. The third kappa shape index (κ3) is 2.87. The monoisotopic (exact) mass is 285 g/mol. The fraction of sp³-hybridized carbons (Fsp3) is 0.556. The second kappa shape index (κ2) is 5.99. The number of hydrogen-bond acceptors (Lipinski definition) is 3. The molecule has 0 N–H and O–H groups in total. The molecular weight excluding hydrogens is 262 g/mol. The molecule has 0 spiro atoms. The van der Waals surface area contributed by atoms with Gasteiger partial charge in [0.2, 0.25) is 0 Å². The highest BCUT2D eigenvalue weighted by Crippen LogP contribution is 2.36. The van der Waals surface area contributed by atoms with E-state index in [-0.39, 0.29) is 29.8 Å². The van der Waals surface area contributed by atoms with Crippen LogP contribution in [0.1, 0.15) is 43.4 Å². The molecule has 21 heavy (non-hydrogen) atoms. The Labute approximate surface area is 126 Å². The Morgan fingerprint density at radius 2 is 1.86 bits per heavy atom. The van der Waals surface area contributed by atoms with Crippen LogP contribution in [0.15, 0.2) is 18.2 Å². The van der Waals surface area contributed by atoms with Gasteiger partial charge >= 0.3 is 0 Å². The largest absolute Gasteiger partial charge is 0.375 e. The van der Waals surface area contributed by atoms with Crippen LogP contribution in [0.2, 0.25) is 0 Å². The van der Waals surface area contributed by atoms with E-state index in [2.05, 4.69) is 6.07 Å². The van der Waals surface area contributed by atoms with E-state index in [9.17, 15) is 10.1 Å². The lowest BCUT2D eigenvalue weighted by molar-refractivity contribution is -0.125. The van der Waals surface area contributed by atoms with Crippen molar-refractivity contribution in [2.45, 2.75) is 52.7 Å². The highest BCUT2D eigenvalue weighted by Gasteiger charge is 2.44. The van der Waals surface area contributed by atoms with Crippen LogP contribution >= 0.6 is 0 Å². The summed E-state index contributed by atoms with van der Waals surface area (Å²) in [5.74, 6) is -0.764. The molecule has 1 aromatic carbocycles. The van der Waals surface area contributed by atoms with Gasteiger partial charge in [-0.25, -0.2) is 0 Å². The summed E-state index contributed by atoms with van der Waals surface area (Å²) in [6, 6.07) is 8.01. The van der Waals surface area contributed by atoms with Gasteiger partial charge in [0.05, 0.1) is 24.2 Å². The first-order valence-electron chi connectivity index (χ1n) is 7.52. The minimum Gasteiger partial charge on any atom is -0.375 e. The zero-order chi connectivity index (χ0) is 15.7. The molecule has 0 aromatic heterocycles. The highest BCUT2D eigenvalue weighted by molar-refractivity contribution is 5.91. The van der Waals surface area contributed by atoms with E-state index in [4.69, 9.17) is 4.74 Å². The first-order chi connectivity index (χ1) is 9.86. The topological polar surface area (TPSA) is 50.1 Å². The van der Waals surface area contributed by atoms with E-state index >= 15 is 0 Å². The molecule has 0 radical (unpaired) electrons. The second-order valence-electron chi connectivity index (χ2n) is 6.24. The van der Waals surface area contributed by atoms with E-state index in [1.54, 1.807) is 0 Å². The molecule has 0 aliphatic carbocycles. The third-order valence-corrected chi connectivity index (χ3v) is 4.85. The lowest BCUT2D eigenvalue weighted by atomic mass is 9.79. The van der Waals surface area contributed by atoms with Crippen molar-refractivity contribution in [2.75, 3.05) is 0 Å². The van der Waals surface area contributed by atoms with E-state index < -0.39 is 5.92 Å². The Bertz CT molecular complexity index is 587. The number of benzene rings is 1. The Balaban J connectivity index is 2.31. The van der Waals surface area contributed by atoms with Crippen LogP contribution in [0.25, 0.3) is 0 Å². The number of carbonyl (C=O) groups is 1. The first kappa shape index (κ1) is 15.7. The molecule has 1 aromatic rings. The van der Waals surface area contributed by atoms with Gasteiger partial charge in [0.25, 0.3) is 0 Å². The molecule has 5 unspecified atom stereocenters. The van der Waals surface area contributed by atoms with Crippen LogP contribution in [0.5, 0.6) is 0 Å². The van der Waals surface area contributed by atoms with Crippen LogP contribution in [0, 0.1) is 37.0 Å². The summed E-state index contributed by atoms with van der Waals surface area (Å²) in [5.41, 5.74) is 3.07. The molecule has 1 aliphatic heterocycles. The predicted molar refractivity (Wildman–Crippen MR) is 81.9 cm³/mol. The van der Waals surface area contributed by atoms with Crippen molar-refractivity contribution >= 4 is 5.78 Å². The molecule has 5 atom stereocenters. The van der Waals surface area contributed by atoms with Crippen molar-refractivity contribution in [2.24, 2.45) is 11.8 Å². The Morgan fingerprint density at radius 1 is 1.19 bits per heavy atom. The van der Waals surface area contributed by atoms with Gasteiger partial charge in [-0.2, -0.15) is 5.26 Å². The molecule has 3 nitrogen and oxygen atoms in total. The quantitative estimate of drug-likeness (QED) is 0.853. The second-order valence-corrected chi connectivity index (χ2v) is 6.24. The molecular formula is C18H23NO2. The lowest BCUT2D eigenvalue weighted by Crippen LogP contribution is -2.30. The zero-order valence-corrected chi connectivity index (χ0v) is 13.4. The molecule has 112 valence electrons. The molecule has 0 saturated carbocycles. The average molecular weight is 285 g/mol. The van der Waals surface area contributed by atoms with Gasteiger partial charge < -0.3 is 4.74 Å². The number of ketones is 1. The van der Waals surface area contributed by atoms with Crippen LogP contribution in [-0.4, -0.2) is 18.0 Å². The number of Topliss-reactive ketones (excluding diaryl/α,β-unsaturated/α-hetero) is 1. The molecule has 1 fully saturated rings. The molecule has 0 amide bonds. The predicted octanol–water partition coefficient (Wildman–Crippen LogP) is 3.54. The van der Waals surface area contributed by atoms with Crippen molar-refractivity contribution in [3.63, 3.8) is 0 Å². The maximum absolute atomic E-state index is 12.8. The van der Waals surface area contributed by atoms with Gasteiger partial charge in [-0.1, -0.05) is 25.1 Å². The number of ether oxygens (including phenoxy) is 1. The Morgan fingerprint density at radius 3 is 2.33 bits per heavy atom. The van der Waals surface area contributed by atoms with Crippen molar-refractivity contribution in [1.29, 1.82) is 5.26 Å². The Kier molecular flexibility index (Phi) is 4.49. The van der Waals surface area contributed by atoms with Crippen molar-refractivity contribution in [3.05, 3.63) is 34.9 Å². The fourth-order valence-corrected chi connectivity index (χ4v) is 3.20. The van der Waals surface area contributed by atoms with Gasteiger partial charge in [-0.05, 0) is 50.3 Å². The molecule has 2 rings (SSSR count). The molecule has 3 heteroatoms. The summed E-state index contributed by atoms with van der Waals surface area (Å²) in [6.45, 7) is 9.98. The van der Waals surface area contributed by atoms with E-state index in [1.807, 2.05) is 52.8 Å². The number of nitriles is 1. The molecule has 1 heterocycles. The molecule has 0 bridgehead atoms. The number of carbonyl (C=O) groups excluding carboxylic acids is 1. The van der Waals surface area contributed by atoms with Crippen LogP contribution in [0.4, 0.5) is 0 Å². The highest BCUT2D eigenvalue weighted by atomic mass is 16.5. The fourth-order valence-electron chi connectivity index (χ4n) is 3.20. The maximum atomic E-state index is 12.8. The van der Waals surface area contributed by atoms with Crippen LogP contribution in [0.3, 0.4) is 0 Å². The standard InChI is InChI=1S/C18H23NO2/c1-10-6-7-15(8-11(10)2)16(9-19)18(20)17-12(3)13(4)21-14(17)5/h6-8,12-14,16-17H,1-5H3. The van der Waals surface area contributed by atoms with Crippen molar-refractivity contribution < 1.29 is 9.53 Å². The lowest BCUT2D eigenvalue weighted by Gasteiger charge is -2.20.